The zero-order chi connectivity index (χ0) is 14.8. The summed E-state index contributed by atoms with van der Waals surface area (Å²) in [7, 11) is 0. The maximum atomic E-state index is 10.2. The van der Waals surface area contributed by atoms with E-state index >= 15 is 0 Å². The monoisotopic (exact) mass is 297 g/mol. The summed E-state index contributed by atoms with van der Waals surface area (Å²) in [6.45, 7) is 0.263. The molecule has 0 radical (unpaired) electrons. The average molecular weight is 297 g/mol. The van der Waals surface area contributed by atoms with Crippen LogP contribution in [-0.2, 0) is 14.2 Å². The van der Waals surface area contributed by atoms with E-state index in [2.05, 4.69) is 0 Å². The Morgan fingerprint density at radius 3 is 2.57 bits per heavy atom. The smallest absolute Gasteiger partial charge is 0.184 e. The van der Waals surface area contributed by atoms with Crippen LogP contribution in [0.1, 0.15) is 11.9 Å². The highest BCUT2D eigenvalue weighted by atomic mass is 16.7. The molecule has 3 rings (SSSR count). The Labute approximate surface area is 122 Å². The fourth-order valence-corrected chi connectivity index (χ4v) is 2.73. The van der Waals surface area contributed by atoms with Crippen LogP contribution in [0.3, 0.4) is 0 Å². The van der Waals surface area contributed by atoms with Gasteiger partial charge in [0.25, 0.3) is 0 Å². The lowest BCUT2D eigenvalue weighted by Gasteiger charge is -2.46. The lowest BCUT2D eigenvalue weighted by Crippen LogP contribution is -2.63. The second-order valence-corrected chi connectivity index (χ2v) is 5.23. The third-order valence-corrected chi connectivity index (χ3v) is 3.84. The zero-order valence-corrected chi connectivity index (χ0v) is 11.3. The van der Waals surface area contributed by atoms with Crippen LogP contribution in [0.5, 0.6) is 0 Å². The molecule has 21 heavy (non-hydrogen) atoms. The van der Waals surface area contributed by atoms with E-state index in [9.17, 15) is 10.2 Å². The highest BCUT2D eigenvalue weighted by molar-refractivity contribution is 5.16. The minimum absolute atomic E-state index is 0.0174. The largest absolute Gasteiger partial charge is 0.388 e. The molecule has 4 N–H and O–H groups in total. The van der Waals surface area contributed by atoms with Crippen molar-refractivity contribution in [3.05, 3.63) is 35.9 Å². The summed E-state index contributed by atoms with van der Waals surface area (Å²) in [5, 5.41) is 29.0. The van der Waals surface area contributed by atoms with Gasteiger partial charge in [0.2, 0.25) is 0 Å². The van der Waals surface area contributed by atoms with E-state index in [0.717, 1.165) is 5.56 Å². The fourth-order valence-electron chi connectivity index (χ4n) is 2.73. The third kappa shape index (κ3) is 2.95. The SMILES string of the molecule is ONC[C@@H]1O[C@@H]2CO[C@@H](c3ccccc3)O[C@H]2[C@H](O)[C@H]1O. The summed E-state index contributed by atoms with van der Waals surface area (Å²) >= 11 is 0. The van der Waals surface area contributed by atoms with Gasteiger partial charge in [0.15, 0.2) is 6.29 Å². The molecule has 0 aliphatic carbocycles. The first-order chi connectivity index (χ1) is 10.2. The number of hydrogen-bond acceptors (Lipinski definition) is 7. The number of rotatable bonds is 3. The van der Waals surface area contributed by atoms with Gasteiger partial charge in [0, 0.05) is 12.1 Å². The molecule has 0 aromatic heterocycles. The molecule has 0 unspecified atom stereocenters. The van der Waals surface area contributed by atoms with Crippen molar-refractivity contribution in [3.8, 4) is 0 Å². The van der Waals surface area contributed by atoms with E-state index in [-0.39, 0.29) is 13.2 Å². The highest BCUT2D eigenvalue weighted by Crippen LogP contribution is 2.33. The summed E-state index contributed by atoms with van der Waals surface area (Å²) in [5.74, 6) is 0. The van der Waals surface area contributed by atoms with Crippen LogP contribution in [0.25, 0.3) is 0 Å². The molecular formula is C14H19NO6. The first-order valence-corrected chi connectivity index (χ1v) is 6.91. The molecular weight excluding hydrogens is 278 g/mol. The second kappa shape index (κ2) is 6.37. The first-order valence-electron chi connectivity index (χ1n) is 6.91. The third-order valence-electron chi connectivity index (χ3n) is 3.84. The molecule has 116 valence electrons. The fraction of sp³-hybridized carbons (Fsp3) is 0.571. The summed E-state index contributed by atoms with van der Waals surface area (Å²) < 4.78 is 17.0. The number of benzene rings is 1. The highest BCUT2D eigenvalue weighted by Gasteiger charge is 2.48. The maximum Gasteiger partial charge on any atom is 0.184 e. The van der Waals surface area contributed by atoms with Crippen LogP contribution < -0.4 is 5.48 Å². The van der Waals surface area contributed by atoms with E-state index < -0.39 is 36.8 Å². The van der Waals surface area contributed by atoms with Crippen LogP contribution in [0.15, 0.2) is 30.3 Å². The minimum Gasteiger partial charge on any atom is -0.388 e. The van der Waals surface area contributed by atoms with Crippen molar-refractivity contribution < 1.29 is 29.6 Å². The molecule has 0 saturated carbocycles. The summed E-state index contributed by atoms with van der Waals surface area (Å²) in [5.41, 5.74) is 2.79. The van der Waals surface area contributed by atoms with Crippen molar-refractivity contribution in [2.75, 3.05) is 13.2 Å². The Bertz CT molecular complexity index is 456. The van der Waals surface area contributed by atoms with Crippen molar-refractivity contribution in [2.24, 2.45) is 0 Å². The van der Waals surface area contributed by atoms with Crippen molar-refractivity contribution in [3.63, 3.8) is 0 Å². The normalized spacial score (nSPS) is 39.8. The molecule has 6 atom stereocenters. The van der Waals surface area contributed by atoms with Gasteiger partial charge in [-0.15, -0.1) is 0 Å². The van der Waals surface area contributed by atoms with Crippen molar-refractivity contribution in [2.45, 2.75) is 36.8 Å². The Morgan fingerprint density at radius 2 is 1.86 bits per heavy atom. The summed E-state index contributed by atoms with van der Waals surface area (Å²) in [6.07, 6.45) is -4.70. The Morgan fingerprint density at radius 1 is 1.10 bits per heavy atom. The standard InChI is InChI=1S/C14H19NO6/c16-11-9(6-15-18)20-10-7-19-14(21-13(10)12(11)17)8-4-2-1-3-5-8/h1-5,9-18H,6-7H2/t9-,10+,11-,12+,13+,14+/m0/s1. The molecule has 0 spiro atoms. The summed E-state index contributed by atoms with van der Waals surface area (Å²) in [4.78, 5) is 0. The molecule has 2 fully saturated rings. The number of ether oxygens (including phenoxy) is 3. The van der Waals surface area contributed by atoms with Crippen molar-refractivity contribution in [1.82, 2.24) is 5.48 Å². The van der Waals surface area contributed by atoms with E-state index in [4.69, 9.17) is 19.4 Å². The molecule has 2 aliphatic heterocycles. The zero-order valence-electron chi connectivity index (χ0n) is 11.3. The number of aliphatic hydroxyl groups is 2. The second-order valence-electron chi connectivity index (χ2n) is 5.23. The Balaban J connectivity index is 1.71. The quantitative estimate of drug-likeness (QED) is 0.562. The van der Waals surface area contributed by atoms with E-state index in [1.54, 1.807) is 0 Å². The van der Waals surface area contributed by atoms with E-state index in [0.29, 0.717) is 0 Å². The summed E-state index contributed by atoms with van der Waals surface area (Å²) in [6, 6.07) is 9.38. The molecule has 2 saturated heterocycles. The molecule has 0 amide bonds. The Kier molecular flexibility index (Phi) is 4.51. The topological polar surface area (TPSA) is 100 Å². The van der Waals surface area contributed by atoms with E-state index in [1.165, 1.54) is 0 Å². The Hall–Kier alpha value is -1.06. The molecule has 7 nitrogen and oxygen atoms in total. The number of aliphatic hydroxyl groups excluding tert-OH is 2. The number of nitrogens with one attached hydrogen (secondary N) is 1. The van der Waals surface area contributed by atoms with Gasteiger partial charge in [-0.25, -0.2) is 5.48 Å². The van der Waals surface area contributed by atoms with Gasteiger partial charge < -0.3 is 29.6 Å². The van der Waals surface area contributed by atoms with Gasteiger partial charge in [-0.2, -0.15) is 0 Å². The molecule has 1 aromatic carbocycles. The number of hydrogen-bond donors (Lipinski definition) is 4. The van der Waals surface area contributed by atoms with Crippen LogP contribution in [0, 0.1) is 0 Å². The number of hydroxylamine groups is 1. The minimum atomic E-state index is -1.14. The molecule has 7 heteroatoms. The number of fused-ring (bicyclic) bond motifs is 1. The van der Waals surface area contributed by atoms with Gasteiger partial charge in [-0.05, 0) is 0 Å². The molecule has 0 bridgehead atoms. The van der Waals surface area contributed by atoms with Crippen LogP contribution in [0.2, 0.25) is 0 Å². The average Bonchev–Trinajstić information content (AvgIpc) is 2.53. The lowest BCUT2D eigenvalue weighted by molar-refractivity contribution is -0.328. The lowest BCUT2D eigenvalue weighted by atomic mass is 9.94. The van der Waals surface area contributed by atoms with Crippen LogP contribution in [0.4, 0.5) is 0 Å². The van der Waals surface area contributed by atoms with Crippen molar-refractivity contribution in [1.29, 1.82) is 0 Å². The van der Waals surface area contributed by atoms with Gasteiger partial charge in [0.05, 0.1) is 6.61 Å². The van der Waals surface area contributed by atoms with Crippen LogP contribution in [-0.4, -0.2) is 59.1 Å². The predicted octanol–water partition coefficient (Wildman–Crippen LogP) is -0.431. The van der Waals surface area contributed by atoms with Crippen molar-refractivity contribution >= 4 is 0 Å². The van der Waals surface area contributed by atoms with E-state index in [1.807, 2.05) is 35.8 Å². The predicted molar refractivity (Wildman–Crippen MR) is 70.5 cm³/mol. The maximum absolute atomic E-state index is 10.2. The van der Waals surface area contributed by atoms with Gasteiger partial charge in [0.1, 0.15) is 30.5 Å². The first kappa shape index (κ1) is 14.9. The molecule has 1 aromatic rings. The van der Waals surface area contributed by atoms with Gasteiger partial charge >= 0.3 is 0 Å². The van der Waals surface area contributed by atoms with Gasteiger partial charge in [-0.1, -0.05) is 30.3 Å². The van der Waals surface area contributed by atoms with Gasteiger partial charge in [-0.3, -0.25) is 0 Å². The molecule has 2 aliphatic rings. The van der Waals surface area contributed by atoms with Crippen LogP contribution >= 0.6 is 0 Å². The molecule has 2 heterocycles.